The standard InChI is InChI=1S/C25H20N2O2/c28-25(19-8-3-1-4-9-19)29-24-13-7-12-23(18-24)27-22-16-14-21(15-17-22)26-20-10-5-2-6-11-20/h1-18,26-27H. The number of para-hydroxylation sites is 1. The van der Waals surface area contributed by atoms with Gasteiger partial charge in [0.15, 0.2) is 0 Å². The third-order valence-electron chi connectivity index (χ3n) is 4.29. The average molecular weight is 380 g/mol. The van der Waals surface area contributed by atoms with Crippen molar-refractivity contribution in [3.8, 4) is 5.75 Å². The molecule has 0 saturated carbocycles. The van der Waals surface area contributed by atoms with Crippen LogP contribution in [0.25, 0.3) is 0 Å². The van der Waals surface area contributed by atoms with E-state index in [1.54, 1.807) is 24.3 Å². The van der Waals surface area contributed by atoms with E-state index in [2.05, 4.69) is 10.6 Å². The molecule has 0 fully saturated rings. The molecule has 4 aromatic rings. The van der Waals surface area contributed by atoms with Crippen molar-refractivity contribution in [2.75, 3.05) is 10.6 Å². The van der Waals surface area contributed by atoms with Crippen LogP contribution in [0.15, 0.2) is 109 Å². The second-order valence-corrected chi connectivity index (χ2v) is 6.48. The Balaban J connectivity index is 1.40. The Morgan fingerprint density at radius 2 is 1.07 bits per heavy atom. The molecule has 0 aliphatic heterocycles. The first kappa shape index (κ1) is 18.3. The number of anilines is 4. The zero-order valence-electron chi connectivity index (χ0n) is 15.7. The van der Waals surface area contributed by atoms with Crippen LogP contribution in [0.4, 0.5) is 22.7 Å². The maximum absolute atomic E-state index is 12.2. The molecule has 0 heterocycles. The summed E-state index contributed by atoms with van der Waals surface area (Å²) in [5.41, 5.74) is 4.35. The lowest BCUT2D eigenvalue weighted by Crippen LogP contribution is -2.08. The molecule has 4 heteroatoms. The van der Waals surface area contributed by atoms with Gasteiger partial charge in [-0.25, -0.2) is 4.79 Å². The lowest BCUT2D eigenvalue weighted by molar-refractivity contribution is 0.0735. The summed E-state index contributed by atoms with van der Waals surface area (Å²) in [6.45, 7) is 0. The number of esters is 1. The van der Waals surface area contributed by atoms with E-state index in [1.807, 2.05) is 84.9 Å². The molecule has 142 valence electrons. The Bertz CT molecular complexity index is 1080. The highest BCUT2D eigenvalue weighted by atomic mass is 16.5. The number of hydrogen-bond donors (Lipinski definition) is 2. The summed E-state index contributed by atoms with van der Waals surface area (Å²) in [6.07, 6.45) is 0. The van der Waals surface area contributed by atoms with Crippen molar-refractivity contribution in [1.82, 2.24) is 0 Å². The van der Waals surface area contributed by atoms with Gasteiger partial charge >= 0.3 is 5.97 Å². The van der Waals surface area contributed by atoms with Gasteiger partial charge in [-0.3, -0.25) is 0 Å². The van der Waals surface area contributed by atoms with Crippen LogP contribution in [0.1, 0.15) is 10.4 Å². The highest BCUT2D eigenvalue weighted by molar-refractivity contribution is 5.91. The molecule has 0 aromatic heterocycles. The van der Waals surface area contributed by atoms with Crippen LogP contribution in [-0.4, -0.2) is 5.97 Å². The monoisotopic (exact) mass is 380 g/mol. The average Bonchev–Trinajstić information content (AvgIpc) is 2.77. The van der Waals surface area contributed by atoms with Crippen molar-refractivity contribution in [3.05, 3.63) is 115 Å². The number of rotatable bonds is 6. The van der Waals surface area contributed by atoms with Gasteiger partial charge in [0.25, 0.3) is 0 Å². The van der Waals surface area contributed by atoms with E-state index in [0.29, 0.717) is 11.3 Å². The lowest BCUT2D eigenvalue weighted by atomic mass is 10.2. The fraction of sp³-hybridized carbons (Fsp3) is 0. The number of nitrogens with one attached hydrogen (secondary N) is 2. The molecule has 0 aliphatic carbocycles. The summed E-state index contributed by atoms with van der Waals surface area (Å²) in [5.74, 6) is 0.116. The maximum Gasteiger partial charge on any atom is 0.343 e. The van der Waals surface area contributed by atoms with Gasteiger partial charge in [-0.15, -0.1) is 0 Å². The summed E-state index contributed by atoms with van der Waals surface area (Å²) in [7, 11) is 0. The third-order valence-corrected chi connectivity index (χ3v) is 4.29. The van der Waals surface area contributed by atoms with Crippen LogP contribution in [0.2, 0.25) is 0 Å². The van der Waals surface area contributed by atoms with Gasteiger partial charge in [0.05, 0.1) is 5.56 Å². The van der Waals surface area contributed by atoms with Gasteiger partial charge in [0.1, 0.15) is 5.75 Å². The highest BCUT2D eigenvalue weighted by Crippen LogP contribution is 2.24. The first-order valence-electron chi connectivity index (χ1n) is 9.33. The minimum absolute atomic E-state index is 0.376. The van der Waals surface area contributed by atoms with Crippen LogP contribution in [0.5, 0.6) is 5.75 Å². The minimum Gasteiger partial charge on any atom is -0.423 e. The van der Waals surface area contributed by atoms with Crippen LogP contribution in [-0.2, 0) is 0 Å². The highest BCUT2D eigenvalue weighted by Gasteiger charge is 2.08. The zero-order chi connectivity index (χ0) is 19.9. The molecule has 0 atom stereocenters. The molecule has 0 bridgehead atoms. The number of ether oxygens (including phenoxy) is 1. The summed E-state index contributed by atoms with van der Waals surface area (Å²) in [5, 5.41) is 6.69. The molecule has 0 spiro atoms. The van der Waals surface area contributed by atoms with Gasteiger partial charge in [0.2, 0.25) is 0 Å². The molecule has 0 amide bonds. The molecule has 4 aromatic carbocycles. The van der Waals surface area contributed by atoms with E-state index < -0.39 is 0 Å². The van der Waals surface area contributed by atoms with Gasteiger partial charge in [-0.2, -0.15) is 0 Å². The summed E-state index contributed by atoms with van der Waals surface area (Å²) in [6, 6.07) is 34.3. The molecule has 0 radical (unpaired) electrons. The van der Waals surface area contributed by atoms with Crippen molar-refractivity contribution in [3.63, 3.8) is 0 Å². The van der Waals surface area contributed by atoms with Crippen molar-refractivity contribution in [2.24, 2.45) is 0 Å². The van der Waals surface area contributed by atoms with Crippen molar-refractivity contribution in [1.29, 1.82) is 0 Å². The van der Waals surface area contributed by atoms with E-state index in [4.69, 9.17) is 4.74 Å². The summed E-state index contributed by atoms with van der Waals surface area (Å²) in [4.78, 5) is 12.2. The topological polar surface area (TPSA) is 50.4 Å². The predicted molar refractivity (Wildman–Crippen MR) is 117 cm³/mol. The molecular weight excluding hydrogens is 360 g/mol. The Morgan fingerprint density at radius 1 is 0.552 bits per heavy atom. The van der Waals surface area contributed by atoms with E-state index >= 15 is 0 Å². The second kappa shape index (κ2) is 8.76. The molecule has 4 rings (SSSR count). The van der Waals surface area contributed by atoms with Crippen LogP contribution in [0.3, 0.4) is 0 Å². The number of carbonyl (C=O) groups is 1. The van der Waals surface area contributed by atoms with E-state index in [9.17, 15) is 4.79 Å². The first-order chi connectivity index (χ1) is 14.3. The summed E-state index contributed by atoms with van der Waals surface area (Å²) >= 11 is 0. The van der Waals surface area contributed by atoms with E-state index in [-0.39, 0.29) is 5.97 Å². The summed E-state index contributed by atoms with van der Waals surface area (Å²) < 4.78 is 5.48. The molecule has 0 saturated heterocycles. The van der Waals surface area contributed by atoms with Crippen LogP contribution in [0, 0.1) is 0 Å². The van der Waals surface area contributed by atoms with Gasteiger partial charge in [0, 0.05) is 28.8 Å². The van der Waals surface area contributed by atoms with Gasteiger partial charge in [-0.05, 0) is 60.7 Å². The molecule has 0 unspecified atom stereocenters. The number of carbonyl (C=O) groups excluding carboxylic acids is 1. The lowest BCUT2D eigenvalue weighted by Gasteiger charge is -2.11. The van der Waals surface area contributed by atoms with E-state index in [1.165, 1.54) is 0 Å². The predicted octanol–water partition coefficient (Wildman–Crippen LogP) is 6.39. The fourth-order valence-corrected chi connectivity index (χ4v) is 2.87. The quantitative estimate of drug-likeness (QED) is 0.300. The van der Waals surface area contributed by atoms with Crippen LogP contribution < -0.4 is 15.4 Å². The molecular formula is C25H20N2O2. The third kappa shape index (κ3) is 5.02. The first-order valence-corrected chi connectivity index (χ1v) is 9.33. The maximum atomic E-state index is 12.2. The normalized spacial score (nSPS) is 10.2. The SMILES string of the molecule is O=C(Oc1cccc(Nc2ccc(Nc3ccccc3)cc2)c1)c1ccccc1. The smallest absolute Gasteiger partial charge is 0.343 e. The van der Waals surface area contributed by atoms with Gasteiger partial charge in [-0.1, -0.05) is 42.5 Å². The Labute approximate surface area is 169 Å². The fourth-order valence-electron chi connectivity index (χ4n) is 2.87. The zero-order valence-corrected chi connectivity index (χ0v) is 15.7. The Morgan fingerprint density at radius 3 is 1.72 bits per heavy atom. The van der Waals surface area contributed by atoms with Gasteiger partial charge < -0.3 is 15.4 Å². The van der Waals surface area contributed by atoms with Crippen molar-refractivity contribution >= 4 is 28.7 Å². The molecule has 0 aliphatic rings. The van der Waals surface area contributed by atoms with Crippen molar-refractivity contribution in [2.45, 2.75) is 0 Å². The van der Waals surface area contributed by atoms with E-state index in [0.717, 1.165) is 22.7 Å². The molecule has 2 N–H and O–H groups in total. The Hall–Kier alpha value is -4.05. The Kier molecular flexibility index (Phi) is 5.53. The number of hydrogen-bond acceptors (Lipinski definition) is 4. The largest absolute Gasteiger partial charge is 0.423 e. The molecule has 29 heavy (non-hydrogen) atoms. The second-order valence-electron chi connectivity index (χ2n) is 6.48. The van der Waals surface area contributed by atoms with Crippen LogP contribution >= 0.6 is 0 Å². The minimum atomic E-state index is -0.376. The number of benzene rings is 4. The van der Waals surface area contributed by atoms with Crippen molar-refractivity contribution < 1.29 is 9.53 Å². The molecule has 4 nitrogen and oxygen atoms in total.